The minimum atomic E-state index is -0.415. The molecular weight excluding hydrogens is 448 g/mol. The number of hydrogen-bond donors (Lipinski definition) is 2. The summed E-state index contributed by atoms with van der Waals surface area (Å²) in [6.07, 6.45) is 2.23. The van der Waals surface area contributed by atoms with Gasteiger partial charge in [-0.2, -0.15) is 0 Å². The number of anilines is 1. The lowest BCUT2D eigenvalue weighted by Crippen LogP contribution is -2.30. The van der Waals surface area contributed by atoms with Crippen LogP contribution in [0.1, 0.15) is 47.9 Å². The Labute approximate surface area is 200 Å². The maximum absolute atomic E-state index is 13.1. The first kappa shape index (κ1) is 21.8. The van der Waals surface area contributed by atoms with Gasteiger partial charge >= 0.3 is 0 Å². The smallest absolute Gasteiger partial charge is 0.266 e. The number of carbonyl (C=O) groups is 3. The van der Waals surface area contributed by atoms with Gasteiger partial charge in [0, 0.05) is 24.2 Å². The first-order valence-electron chi connectivity index (χ1n) is 10.9. The summed E-state index contributed by atoms with van der Waals surface area (Å²) in [5.41, 5.74) is 5.15. The van der Waals surface area contributed by atoms with Gasteiger partial charge in [-0.05, 0) is 60.7 Å². The molecule has 0 bridgehead atoms. The Bertz CT molecular complexity index is 1420. The van der Waals surface area contributed by atoms with E-state index in [4.69, 9.17) is 0 Å². The summed E-state index contributed by atoms with van der Waals surface area (Å²) in [5, 5.41) is 4.89. The predicted molar refractivity (Wildman–Crippen MR) is 131 cm³/mol. The summed E-state index contributed by atoms with van der Waals surface area (Å²) in [7, 11) is 0. The van der Waals surface area contributed by atoms with Gasteiger partial charge in [-0.3, -0.25) is 14.4 Å². The van der Waals surface area contributed by atoms with Crippen molar-refractivity contribution >= 4 is 34.7 Å². The van der Waals surface area contributed by atoms with Crippen molar-refractivity contribution in [2.75, 3.05) is 11.4 Å². The molecule has 0 spiro atoms. The van der Waals surface area contributed by atoms with Crippen molar-refractivity contribution in [1.82, 2.24) is 15.3 Å². The molecule has 0 radical (unpaired) electrons. The number of nitrogens with zero attached hydrogens (tertiary/aromatic N) is 2. The Morgan fingerprint density at radius 1 is 1.06 bits per heavy atom. The van der Waals surface area contributed by atoms with E-state index in [2.05, 4.69) is 15.3 Å². The van der Waals surface area contributed by atoms with Crippen LogP contribution >= 0.6 is 11.3 Å². The number of imide groups is 1. The van der Waals surface area contributed by atoms with Crippen LogP contribution in [0.15, 0.2) is 60.2 Å². The van der Waals surface area contributed by atoms with Gasteiger partial charge in [0.2, 0.25) is 0 Å². The summed E-state index contributed by atoms with van der Waals surface area (Å²) < 4.78 is 0. The number of thiophene rings is 1. The molecule has 0 saturated carbocycles. The second-order valence-corrected chi connectivity index (χ2v) is 9.09. The first-order valence-corrected chi connectivity index (χ1v) is 11.8. The third-order valence-electron chi connectivity index (χ3n) is 6.10. The number of H-pyrrole nitrogens is 1. The Kier molecular flexibility index (Phi) is 5.59. The summed E-state index contributed by atoms with van der Waals surface area (Å²) in [6, 6.07) is 14.1. The van der Waals surface area contributed by atoms with Crippen LogP contribution in [0.5, 0.6) is 0 Å². The number of amides is 3. The highest BCUT2D eigenvalue weighted by Gasteiger charge is 2.37. The van der Waals surface area contributed by atoms with Crippen LogP contribution < -0.4 is 10.2 Å². The number of hydrogen-bond acceptors (Lipinski definition) is 5. The fourth-order valence-corrected chi connectivity index (χ4v) is 4.87. The molecule has 3 heterocycles. The zero-order valence-electron chi connectivity index (χ0n) is 18.7. The third-order valence-corrected chi connectivity index (χ3v) is 6.98. The van der Waals surface area contributed by atoms with E-state index in [-0.39, 0.29) is 17.4 Å². The molecule has 4 aromatic rings. The van der Waals surface area contributed by atoms with E-state index in [1.54, 1.807) is 35.9 Å². The van der Waals surface area contributed by atoms with Gasteiger partial charge < -0.3 is 10.3 Å². The number of aryl methyl sites for hydroxylation is 1. The number of imidazole rings is 1. The quantitative estimate of drug-likeness (QED) is 0.405. The van der Waals surface area contributed by atoms with E-state index in [9.17, 15) is 14.4 Å². The van der Waals surface area contributed by atoms with Crippen LogP contribution in [-0.2, 0) is 6.42 Å². The van der Waals surface area contributed by atoms with Crippen LogP contribution in [0, 0.1) is 13.8 Å². The van der Waals surface area contributed by atoms with Crippen molar-refractivity contribution in [3.05, 3.63) is 93.7 Å². The number of aromatic amines is 1. The molecule has 170 valence electrons. The number of aromatic nitrogens is 2. The summed E-state index contributed by atoms with van der Waals surface area (Å²) >= 11 is 1.61. The molecule has 8 heteroatoms. The highest BCUT2D eigenvalue weighted by Crippen LogP contribution is 2.32. The monoisotopic (exact) mass is 470 g/mol. The van der Waals surface area contributed by atoms with Crippen LogP contribution in [-0.4, -0.2) is 34.2 Å². The van der Waals surface area contributed by atoms with Crippen molar-refractivity contribution in [2.45, 2.75) is 20.3 Å². The van der Waals surface area contributed by atoms with Crippen molar-refractivity contribution in [1.29, 1.82) is 0 Å². The summed E-state index contributed by atoms with van der Waals surface area (Å²) in [5.74, 6) is -1.09. The summed E-state index contributed by atoms with van der Waals surface area (Å²) in [4.78, 5) is 48.7. The minimum Gasteiger partial charge on any atom is -0.352 e. The van der Waals surface area contributed by atoms with E-state index < -0.39 is 5.91 Å². The lowest BCUT2D eigenvalue weighted by Gasteiger charge is -2.17. The number of carbonyl (C=O) groups excluding carboxylic acids is 3. The molecule has 7 nitrogen and oxygen atoms in total. The molecule has 34 heavy (non-hydrogen) atoms. The van der Waals surface area contributed by atoms with Crippen molar-refractivity contribution < 1.29 is 14.4 Å². The Hall–Kier alpha value is -4.04. The molecule has 5 rings (SSSR count). The van der Waals surface area contributed by atoms with E-state index in [1.165, 1.54) is 11.0 Å². The lowest BCUT2D eigenvalue weighted by atomic mass is 10.1. The van der Waals surface area contributed by atoms with Crippen molar-refractivity contribution in [2.24, 2.45) is 0 Å². The second kappa shape index (κ2) is 8.72. The molecule has 1 aliphatic rings. The van der Waals surface area contributed by atoms with Crippen LogP contribution in [0.2, 0.25) is 0 Å². The van der Waals surface area contributed by atoms with Gasteiger partial charge in [-0.15, -0.1) is 11.3 Å². The van der Waals surface area contributed by atoms with Crippen molar-refractivity contribution in [3.8, 4) is 10.6 Å². The fourth-order valence-electron chi connectivity index (χ4n) is 4.12. The van der Waals surface area contributed by atoms with Gasteiger partial charge in [0.15, 0.2) is 0 Å². The van der Waals surface area contributed by atoms with Gasteiger partial charge in [0.05, 0.1) is 28.0 Å². The van der Waals surface area contributed by atoms with E-state index in [0.717, 1.165) is 27.4 Å². The zero-order chi connectivity index (χ0) is 23.8. The SMILES string of the molecule is Cc1cccc(N2C(=O)c3ccc(C(=O)NCCc4[nH]cnc4-c4cccs4)cc3C2=O)c1C. The second-order valence-electron chi connectivity index (χ2n) is 8.14. The Morgan fingerprint density at radius 3 is 2.68 bits per heavy atom. The largest absolute Gasteiger partial charge is 0.352 e. The fraction of sp³-hybridized carbons (Fsp3) is 0.154. The van der Waals surface area contributed by atoms with Gasteiger partial charge in [0.1, 0.15) is 5.69 Å². The molecule has 0 unspecified atom stereocenters. The average molecular weight is 471 g/mol. The minimum absolute atomic E-state index is 0.243. The average Bonchev–Trinajstić information content (AvgIpc) is 3.57. The molecule has 2 aromatic carbocycles. The number of benzene rings is 2. The molecule has 3 amide bonds. The normalized spacial score (nSPS) is 12.8. The van der Waals surface area contributed by atoms with Crippen LogP contribution in [0.25, 0.3) is 10.6 Å². The maximum Gasteiger partial charge on any atom is 0.266 e. The number of nitrogens with one attached hydrogen (secondary N) is 2. The van der Waals surface area contributed by atoms with E-state index in [1.807, 2.05) is 43.5 Å². The van der Waals surface area contributed by atoms with Crippen LogP contribution in [0.4, 0.5) is 5.69 Å². The molecule has 2 aromatic heterocycles. The highest BCUT2D eigenvalue weighted by atomic mass is 32.1. The van der Waals surface area contributed by atoms with Crippen LogP contribution in [0.3, 0.4) is 0 Å². The Balaban J connectivity index is 1.30. The standard InChI is InChI=1S/C26H22N4O3S/c1-15-5-3-6-21(16(15)2)30-25(32)18-9-8-17(13-19(18)26(30)33)24(31)27-11-10-20-23(29-14-28-20)22-7-4-12-34-22/h3-9,12-14H,10-11H2,1-2H3,(H,27,31)(H,28,29). The van der Waals surface area contributed by atoms with Crippen molar-refractivity contribution in [3.63, 3.8) is 0 Å². The van der Waals surface area contributed by atoms with E-state index >= 15 is 0 Å². The molecule has 0 atom stereocenters. The Morgan fingerprint density at radius 2 is 1.88 bits per heavy atom. The highest BCUT2D eigenvalue weighted by molar-refractivity contribution is 7.13. The van der Waals surface area contributed by atoms with E-state index in [0.29, 0.717) is 29.8 Å². The summed E-state index contributed by atoms with van der Waals surface area (Å²) in [6.45, 7) is 4.22. The molecule has 2 N–H and O–H groups in total. The first-order chi connectivity index (χ1) is 16.5. The topological polar surface area (TPSA) is 95.2 Å². The molecule has 0 aliphatic carbocycles. The number of fused-ring (bicyclic) bond motifs is 1. The zero-order valence-corrected chi connectivity index (χ0v) is 19.5. The predicted octanol–water partition coefficient (Wildman–Crippen LogP) is 4.53. The maximum atomic E-state index is 13.1. The van der Waals surface area contributed by atoms with Gasteiger partial charge in [-0.25, -0.2) is 9.88 Å². The number of rotatable bonds is 6. The van der Waals surface area contributed by atoms with Gasteiger partial charge in [0.25, 0.3) is 17.7 Å². The molecule has 1 aliphatic heterocycles. The molecule has 0 saturated heterocycles. The molecule has 0 fully saturated rings. The molecular formula is C26H22N4O3S. The third kappa shape index (κ3) is 3.72. The lowest BCUT2D eigenvalue weighted by molar-refractivity contribution is 0.0923. The van der Waals surface area contributed by atoms with Gasteiger partial charge in [-0.1, -0.05) is 18.2 Å².